The van der Waals surface area contributed by atoms with Gasteiger partial charge in [-0.15, -0.1) is 0 Å². The standard InChI is InChI=1S/C11H13N5O3/c1-14-6-13-9-8(14)10(18)16(11(19)15(9)2)5-3-4-7(12)17/h3-4,6H,5H2,1-2H3,(H2,12,17). The van der Waals surface area contributed by atoms with Gasteiger partial charge in [0, 0.05) is 26.7 Å². The molecule has 0 atom stereocenters. The number of carbonyl (C=O) groups excluding carboxylic acids is 1. The molecule has 0 saturated heterocycles. The molecule has 8 nitrogen and oxygen atoms in total. The molecule has 0 aliphatic rings. The third kappa shape index (κ3) is 2.07. The molecule has 2 heterocycles. The van der Waals surface area contributed by atoms with Crippen molar-refractivity contribution in [3.05, 3.63) is 39.3 Å². The normalized spacial score (nSPS) is 11.5. The Hall–Kier alpha value is -2.64. The average Bonchev–Trinajstić information content (AvgIpc) is 2.73. The van der Waals surface area contributed by atoms with Crippen LogP contribution in [0.1, 0.15) is 0 Å². The summed E-state index contributed by atoms with van der Waals surface area (Å²) in [6.45, 7) is -0.0183. The van der Waals surface area contributed by atoms with Crippen LogP contribution in [0.15, 0.2) is 28.1 Å². The molecule has 0 aliphatic heterocycles. The van der Waals surface area contributed by atoms with Crippen LogP contribution in [0, 0.1) is 0 Å². The first-order valence-corrected chi connectivity index (χ1v) is 5.50. The molecule has 0 aliphatic carbocycles. The fourth-order valence-electron chi connectivity index (χ4n) is 1.83. The zero-order valence-electron chi connectivity index (χ0n) is 10.5. The van der Waals surface area contributed by atoms with Crippen LogP contribution in [0.4, 0.5) is 0 Å². The number of nitrogens with two attached hydrogens (primary N) is 1. The number of allylic oxidation sites excluding steroid dienone is 1. The number of rotatable bonds is 3. The van der Waals surface area contributed by atoms with E-state index < -0.39 is 17.2 Å². The maximum atomic E-state index is 12.2. The van der Waals surface area contributed by atoms with Crippen LogP contribution in [0.2, 0.25) is 0 Å². The van der Waals surface area contributed by atoms with Crippen LogP contribution >= 0.6 is 0 Å². The van der Waals surface area contributed by atoms with Crippen LogP contribution in [-0.4, -0.2) is 24.6 Å². The average molecular weight is 263 g/mol. The van der Waals surface area contributed by atoms with Crippen LogP contribution in [0.3, 0.4) is 0 Å². The first-order valence-electron chi connectivity index (χ1n) is 5.50. The number of imidazole rings is 1. The molecule has 0 fully saturated rings. The maximum Gasteiger partial charge on any atom is 0.332 e. The van der Waals surface area contributed by atoms with Gasteiger partial charge in [-0.2, -0.15) is 0 Å². The molecule has 1 amide bonds. The van der Waals surface area contributed by atoms with Crippen LogP contribution in [-0.2, 0) is 25.4 Å². The summed E-state index contributed by atoms with van der Waals surface area (Å²) in [7, 11) is 3.20. The van der Waals surface area contributed by atoms with Gasteiger partial charge in [0.05, 0.1) is 6.33 Å². The van der Waals surface area contributed by atoms with E-state index in [1.807, 2.05) is 0 Å². The first kappa shape index (κ1) is 12.8. The van der Waals surface area contributed by atoms with Crippen LogP contribution < -0.4 is 17.0 Å². The summed E-state index contributed by atoms with van der Waals surface area (Å²) in [5.74, 6) is -0.633. The van der Waals surface area contributed by atoms with Crippen molar-refractivity contribution in [3.8, 4) is 0 Å². The molecule has 100 valence electrons. The Morgan fingerprint density at radius 3 is 2.74 bits per heavy atom. The summed E-state index contributed by atoms with van der Waals surface area (Å²) in [6.07, 6.45) is 3.95. The topological polar surface area (TPSA) is 105 Å². The van der Waals surface area contributed by atoms with Crippen molar-refractivity contribution in [2.75, 3.05) is 0 Å². The van der Waals surface area contributed by atoms with Gasteiger partial charge in [0.2, 0.25) is 5.91 Å². The predicted molar refractivity (Wildman–Crippen MR) is 68.5 cm³/mol. The summed E-state index contributed by atoms with van der Waals surface area (Å²) in [4.78, 5) is 38.8. The number of amides is 1. The molecule has 0 saturated carbocycles. The molecule has 2 rings (SSSR count). The smallest absolute Gasteiger partial charge is 0.332 e. The Labute approximate surface area is 107 Å². The van der Waals surface area contributed by atoms with Gasteiger partial charge < -0.3 is 10.3 Å². The summed E-state index contributed by atoms with van der Waals surface area (Å²) in [6, 6.07) is 0. The molecule has 19 heavy (non-hydrogen) atoms. The minimum atomic E-state index is -0.633. The van der Waals surface area contributed by atoms with Crippen molar-refractivity contribution >= 4 is 17.1 Å². The zero-order valence-corrected chi connectivity index (χ0v) is 10.5. The second kappa shape index (κ2) is 4.56. The molecule has 2 N–H and O–H groups in total. The summed E-state index contributed by atoms with van der Waals surface area (Å²) >= 11 is 0. The number of primary amides is 1. The Morgan fingerprint density at radius 2 is 2.11 bits per heavy atom. The summed E-state index contributed by atoms with van der Waals surface area (Å²) in [5, 5.41) is 0. The number of aromatic nitrogens is 4. The van der Waals surface area contributed by atoms with E-state index in [1.165, 1.54) is 24.0 Å². The molecule has 0 radical (unpaired) electrons. The van der Waals surface area contributed by atoms with Crippen molar-refractivity contribution in [3.63, 3.8) is 0 Å². The monoisotopic (exact) mass is 263 g/mol. The second-order valence-electron chi connectivity index (χ2n) is 4.09. The Bertz CT molecular complexity index is 793. The third-order valence-corrected chi connectivity index (χ3v) is 2.77. The lowest BCUT2D eigenvalue weighted by Crippen LogP contribution is -2.39. The number of fused-ring (bicyclic) bond motifs is 1. The number of hydrogen-bond acceptors (Lipinski definition) is 4. The number of hydrogen-bond donors (Lipinski definition) is 1. The Balaban J connectivity index is 2.68. The fourth-order valence-corrected chi connectivity index (χ4v) is 1.83. The van der Waals surface area contributed by atoms with Gasteiger partial charge in [0.25, 0.3) is 5.56 Å². The lowest BCUT2D eigenvalue weighted by atomic mass is 10.4. The number of aryl methyl sites for hydroxylation is 2. The van der Waals surface area contributed by atoms with Gasteiger partial charge in [0.1, 0.15) is 0 Å². The van der Waals surface area contributed by atoms with E-state index in [4.69, 9.17) is 5.73 Å². The molecule has 0 bridgehead atoms. The van der Waals surface area contributed by atoms with E-state index in [9.17, 15) is 14.4 Å². The van der Waals surface area contributed by atoms with Gasteiger partial charge >= 0.3 is 5.69 Å². The van der Waals surface area contributed by atoms with E-state index in [2.05, 4.69) is 4.98 Å². The molecular weight excluding hydrogens is 250 g/mol. The molecule has 2 aromatic heterocycles. The highest BCUT2D eigenvalue weighted by Crippen LogP contribution is 2.02. The Morgan fingerprint density at radius 1 is 1.42 bits per heavy atom. The van der Waals surface area contributed by atoms with Crippen molar-refractivity contribution < 1.29 is 4.79 Å². The van der Waals surface area contributed by atoms with Gasteiger partial charge in [-0.3, -0.25) is 18.7 Å². The Kier molecular flexibility index (Phi) is 3.07. The van der Waals surface area contributed by atoms with Crippen molar-refractivity contribution in [2.24, 2.45) is 19.8 Å². The van der Waals surface area contributed by atoms with Gasteiger partial charge in [-0.25, -0.2) is 9.78 Å². The predicted octanol–water partition coefficient (Wildman–Crippen LogP) is -1.52. The molecule has 0 unspecified atom stereocenters. The molecule has 0 aromatic carbocycles. The molecular formula is C11H13N5O3. The summed E-state index contributed by atoms with van der Waals surface area (Å²) < 4.78 is 3.85. The largest absolute Gasteiger partial charge is 0.366 e. The lowest BCUT2D eigenvalue weighted by molar-refractivity contribution is -0.113. The third-order valence-electron chi connectivity index (χ3n) is 2.77. The van der Waals surface area contributed by atoms with Crippen LogP contribution in [0.25, 0.3) is 11.2 Å². The van der Waals surface area contributed by atoms with Crippen LogP contribution in [0.5, 0.6) is 0 Å². The fraction of sp³-hybridized carbons (Fsp3) is 0.273. The highest BCUT2D eigenvalue weighted by molar-refractivity contribution is 5.85. The number of carbonyl (C=O) groups is 1. The van der Waals surface area contributed by atoms with E-state index in [0.29, 0.717) is 11.2 Å². The minimum Gasteiger partial charge on any atom is -0.366 e. The van der Waals surface area contributed by atoms with E-state index >= 15 is 0 Å². The second-order valence-corrected chi connectivity index (χ2v) is 4.09. The SMILES string of the molecule is Cn1cnc2c1c(=O)n(CC=CC(N)=O)c(=O)n2C. The van der Waals surface area contributed by atoms with E-state index in [0.717, 1.165) is 10.6 Å². The van der Waals surface area contributed by atoms with Gasteiger partial charge in [-0.1, -0.05) is 6.08 Å². The van der Waals surface area contributed by atoms with Gasteiger partial charge in [-0.05, 0) is 0 Å². The first-order chi connectivity index (χ1) is 8.93. The zero-order chi connectivity index (χ0) is 14.2. The quantitative estimate of drug-likeness (QED) is 0.678. The minimum absolute atomic E-state index is 0.0183. The number of nitrogens with zero attached hydrogens (tertiary/aromatic N) is 4. The van der Waals surface area contributed by atoms with Crippen molar-refractivity contribution in [2.45, 2.75) is 6.54 Å². The summed E-state index contributed by atoms with van der Waals surface area (Å²) in [5.41, 5.74) is 4.66. The molecule has 0 spiro atoms. The van der Waals surface area contributed by atoms with Crippen molar-refractivity contribution in [1.82, 2.24) is 18.7 Å². The molecule has 8 heteroatoms. The maximum absolute atomic E-state index is 12.2. The lowest BCUT2D eigenvalue weighted by Gasteiger charge is -2.06. The highest BCUT2D eigenvalue weighted by Gasteiger charge is 2.13. The highest BCUT2D eigenvalue weighted by atomic mass is 16.2. The van der Waals surface area contributed by atoms with E-state index in [1.54, 1.807) is 11.6 Å². The molecule has 2 aromatic rings. The van der Waals surface area contributed by atoms with Crippen molar-refractivity contribution in [1.29, 1.82) is 0 Å². The van der Waals surface area contributed by atoms with E-state index in [-0.39, 0.29) is 6.54 Å². The van der Waals surface area contributed by atoms with Gasteiger partial charge in [0.15, 0.2) is 11.2 Å².